The molecule has 1 aromatic heterocycles. The molecule has 0 saturated heterocycles. The van der Waals surface area contributed by atoms with Crippen LogP contribution in [-0.4, -0.2) is 6.04 Å². The van der Waals surface area contributed by atoms with Crippen LogP contribution in [0.1, 0.15) is 36.3 Å². The molecule has 2 aromatic rings. The fourth-order valence-electron chi connectivity index (χ4n) is 1.97. The van der Waals surface area contributed by atoms with Crippen LogP contribution in [0.15, 0.2) is 34.9 Å². The zero-order chi connectivity index (χ0) is 14.5. The van der Waals surface area contributed by atoms with E-state index in [0.29, 0.717) is 12.6 Å². The van der Waals surface area contributed by atoms with Crippen LogP contribution in [0.5, 0.6) is 5.75 Å². The smallest absolute Gasteiger partial charge is 0.146 e. The molecule has 3 nitrogen and oxygen atoms in total. The molecule has 0 amide bonds. The van der Waals surface area contributed by atoms with Crippen molar-refractivity contribution in [1.29, 1.82) is 0 Å². The Morgan fingerprint density at radius 1 is 1.20 bits per heavy atom. The summed E-state index contributed by atoms with van der Waals surface area (Å²) in [6.07, 6.45) is 1.72. The van der Waals surface area contributed by atoms with Crippen molar-refractivity contribution < 1.29 is 9.15 Å². The Kier molecular flexibility index (Phi) is 4.85. The summed E-state index contributed by atoms with van der Waals surface area (Å²) in [5.41, 5.74) is 3.50. The van der Waals surface area contributed by atoms with E-state index in [1.165, 1.54) is 5.56 Å². The molecule has 1 N–H and O–H groups in total. The van der Waals surface area contributed by atoms with Gasteiger partial charge >= 0.3 is 0 Å². The minimum Gasteiger partial charge on any atom is -0.485 e. The van der Waals surface area contributed by atoms with E-state index in [-0.39, 0.29) is 0 Å². The zero-order valence-electron chi connectivity index (χ0n) is 12.7. The molecule has 108 valence electrons. The van der Waals surface area contributed by atoms with Crippen LogP contribution >= 0.6 is 0 Å². The Morgan fingerprint density at radius 2 is 2.00 bits per heavy atom. The molecule has 3 heteroatoms. The van der Waals surface area contributed by atoms with Crippen LogP contribution in [0, 0.1) is 13.8 Å². The van der Waals surface area contributed by atoms with E-state index in [1.54, 1.807) is 6.26 Å². The van der Waals surface area contributed by atoms with Gasteiger partial charge in [-0.3, -0.25) is 0 Å². The molecule has 1 heterocycles. The molecule has 0 saturated carbocycles. The van der Waals surface area contributed by atoms with Gasteiger partial charge in [0.25, 0.3) is 0 Å². The third-order valence-electron chi connectivity index (χ3n) is 3.24. The third kappa shape index (κ3) is 3.87. The summed E-state index contributed by atoms with van der Waals surface area (Å²) in [6, 6.07) is 8.68. The molecule has 0 fully saturated rings. The number of furan rings is 1. The van der Waals surface area contributed by atoms with Crippen molar-refractivity contribution >= 4 is 0 Å². The largest absolute Gasteiger partial charge is 0.485 e. The fraction of sp³-hybridized carbons (Fsp3) is 0.412. The topological polar surface area (TPSA) is 34.4 Å². The molecular formula is C17H23NO2. The molecule has 0 bridgehead atoms. The highest BCUT2D eigenvalue weighted by Gasteiger charge is 2.08. The molecule has 2 rings (SSSR count). The summed E-state index contributed by atoms with van der Waals surface area (Å²) in [5, 5.41) is 3.39. The first kappa shape index (κ1) is 14.7. The molecule has 0 aliphatic carbocycles. The first-order valence-corrected chi connectivity index (χ1v) is 7.05. The number of rotatable bonds is 6. The number of nitrogens with one attached hydrogen (secondary N) is 1. The van der Waals surface area contributed by atoms with Crippen molar-refractivity contribution in [2.75, 3.05) is 0 Å². The Labute approximate surface area is 121 Å². The Balaban J connectivity index is 2.00. The van der Waals surface area contributed by atoms with Crippen LogP contribution in [0.25, 0.3) is 0 Å². The van der Waals surface area contributed by atoms with E-state index >= 15 is 0 Å². The van der Waals surface area contributed by atoms with E-state index in [2.05, 4.69) is 51.2 Å². The average Bonchev–Trinajstić information content (AvgIpc) is 2.85. The molecule has 0 atom stereocenters. The number of ether oxygens (including phenoxy) is 1. The highest BCUT2D eigenvalue weighted by atomic mass is 16.5. The van der Waals surface area contributed by atoms with E-state index < -0.39 is 0 Å². The highest BCUT2D eigenvalue weighted by Crippen LogP contribution is 2.21. The van der Waals surface area contributed by atoms with E-state index in [4.69, 9.17) is 9.15 Å². The van der Waals surface area contributed by atoms with Crippen molar-refractivity contribution in [3.05, 3.63) is 53.0 Å². The normalized spacial score (nSPS) is 11.1. The lowest BCUT2D eigenvalue weighted by Crippen LogP contribution is -2.22. The molecule has 0 radical (unpaired) electrons. The lowest BCUT2D eigenvalue weighted by Gasteiger charge is -2.11. The second kappa shape index (κ2) is 6.62. The average molecular weight is 273 g/mol. The van der Waals surface area contributed by atoms with Crippen molar-refractivity contribution in [3.8, 4) is 5.75 Å². The second-order valence-electron chi connectivity index (χ2n) is 5.46. The summed E-state index contributed by atoms with van der Waals surface area (Å²) >= 11 is 0. The minimum absolute atomic E-state index is 0.456. The Morgan fingerprint density at radius 3 is 2.75 bits per heavy atom. The van der Waals surface area contributed by atoms with Gasteiger partial charge in [-0.05, 0) is 37.1 Å². The fourth-order valence-corrected chi connectivity index (χ4v) is 1.97. The molecule has 0 unspecified atom stereocenters. The summed E-state index contributed by atoms with van der Waals surface area (Å²) in [6.45, 7) is 9.65. The van der Waals surface area contributed by atoms with Crippen molar-refractivity contribution in [3.63, 3.8) is 0 Å². The van der Waals surface area contributed by atoms with Crippen LogP contribution in [-0.2, 0) is 13.2 Å². The van der Waals surface area contributed by atoms with E-state index in [0.717, 1.165) is 29.2 Å². The van der Waals surface area contributed by atoms with Gasteiger partial charge in [-0.25, -0.2) is 0 Å². The quantitative estimate of drug-likeness (QED) is 0.864. The summed E-state index contributed by atoms with van der Waals surface area (Å²) in [5.74, 6) is 1.81. The minimum atomic E-state index is 0.456. The van der Waals surface area contributed by atoms with E-state index in [9.17, 15) is 0 Å². The maximum absolute atomic E-state index is 5.89. The molecule has 20 heavy (non-hydrogen) atoms. The standard InChI is InChI=1S/C17H23NO2/c1-12(2)18-10-15-7-8-19-17(15)11-20-16-9-13(3)5-6-14(16)4/h5-9,12,18H,10-11H2,1-4H3. The van der Waals surface area contributed by atoms with Gasteiger partial charge in [0.1, 0.15) is 18.1 Å². The molecule has 0 aliphatic heterocycles. The highest BCUT2D eigenvalue weighted by molar-refractivity contribution is 5.36. The van der Waals surface area contributed by atoms with Crippen LogP contribution in [0.3, 0.4) is 0 Å². The first-order valence-electron chi connectivity index (χ1n) is 7.05. The van der Waals surface area contributed by atoms with Gasteiger partial charge in [0, 0.05) is 18.2 Å². The molecule has 0 spiro atoms. The predicted octanol–water partition coefficient (Wildman–Crippen LogP) is 3.97. The Bertz CT molecular complexity index is 558. The van der Waals surface area contributed by atoms with Gasteiger partial charge in [-0.2, -0.15) is 0 Å². The first-order chi connectivity index (χ1) is 9.56. The van der Waals surface area contributed by atoms with Gasteiger partial charge in [-0.15, -0.1) is 0 Å². The monoisotopic (exact) mass is 273 g/mol. The number of benzene rings is 1. The maximum Gasteiger partial charge on any atom is 0.146 e. The Hall–Kier alpha value is -1.74. The van der Waals surface area contributed by atoms with Crippen LogP contribution in [0.2, 0.25) is 0 Å². The van der Waals surface area contributed by atoms with Crippen molar-refractivity contribution in [1.82, 2.24) is 5.32 Å². The molecule has 1 aromatic carbocycles. The van der Waals surface area contributed by atoms with Gasteiger partial charge in [-0.1, -0.05) is 26.0 Å². The third-order valence-corrected chi connectivity index (χ3v) is 3.24. The lowest BCUT2D eigenvalue weighted by atomic mass is 10.1. The maximum atomic E-state index is 5.89. The second-order valence-corrected chi connectivity index (χ2v) is 5.46. The summed E-state index contributed by atoms with van der Waals surface area (Å²) in [7, 11) is 0. The van der Waals surface area contributed by atoms with Gasteiger partial charge < -0.3 is 14.5 Å². The number of hydrogen-bond acceptors (Lipinski definition) is 3. The van der Waals surface area contributed by atoms with Crippen LogP contribution < -0.4 is 10.1 Å². The van der Waals surface area contributed by atoms with Crippen molar-refractivity contribution in [2.24, 2.45) is 0 Å². The lowest BCUT2D eigenvalue weighted by molar-refractivity contribution is 0.266. The zero-order valence-corrected chi connectivity index (χ0v) is 12.7. The SMILES string of the molecule is Cc1ccc(C)c(OCc2occc2CNC(C)C)c1. The van der Waals surface area contributed by atoms with Crippen LogP contribution in [0.4, 0.5) is 0 Å². The van der Waals surface area contributed by atoms with Crippen molar-refractivity contribution in [2.45, 2.75) is 46.9 Å². The predicted molar refractivity (Wildman–Crippen MR) is 80.9 cm³/mol. The van der Waals surface area contributed by atoms with Gasteiger partial charge in [0.2, 0.25) is 0 Å². The number of hydrogen-bond donors (Lipinski definition) is 1. The van der Waals surface area contributed by atoms with Gasteiger partial charge in [0.15, 0.2) is 0 Å². The number of aryl methyl sites for hydroxylation is 2. The summed E-state index contributed by atoms with van der Waals surface area (Å²) < 4.78 is 11.4. The molecular weight excluding hydrogens is 250 g/mol. The van der Waals surface area contributed by atoms with E-state index in [1.807, 2.05) is 6.07 Å². The molecule has 0 aliphatic rings. The van der Waals surface area contributed by atoms with Gasteiger partial charge in [0.05, 0.1) is 6.26 Å². The summed E-state index contributed by atoms with van der Waals surface area (Å²) in [4.78, 5) is 0.